The van der Waals surface area contributed by atoms with E-state index in [9.17, 15) is 22.8 Å². The molecule has 2 rings (SSSR count). The van der Waals surface area contributed by atoms with Gasteiger partial charge in [-0.2, -0.15) is 13.2 Å². The summed E-state index contributed by atoms with van der Waals surface area (Å²) in [4.78, 5) is 23.5. The monoisotopic (exact) mass is 458 g/mol. The molecule has 9 heteroatoms. The maximum atomic E-state index is 13.0. The molecule has 0 aliphatic heterocycles. The third-order valence-corrected chi connectivity index (χ3v) is 4.41. The van der Waals surface area contributed by atoms with Crippen LogP contribution in [0.5, 0.6) is 5.75 Å². The van der Waals surface area contributed by atoms with Crippen molar-refractivity contribution in [2.45, 2.75) is 25.9 Å². The van der Waals surface area contributed by atoms with Crippen LogP contribution in [0.2, 0.25) is 0 Å². The van der Waals surface area contributed by atoms with Gasteiger partial charge in [-0.05, 0) is 58.2 Å². The highest BCUT2D eigenvalue weighted by atomic mass is 79.9. The lowest BCUT2D eigenvalue weighted by Gasteiger charge is -2.15. The number of carbonyl (C=O) groups excluding carboxylic acids is 2. The van der Waals surface area contributed by atoms with Gasteiger partial charge < -0.3 is 15.4 Å². The highest BCUT2D eigenvalue weighted by molar-refractivity contribution is 9.10. The number of amides is 2. The highest BCUT2D eigenvalue weighted by Crippen LogP contribution is 2.34. The summed E-state index contributed by atoms with van der Waals surface area (Å²) in [6.45, 7) is 1.23. The number of benzene rings is 2. The molecule has 2 aromatic rings. The van der Waals surface area contributed by atoms with E-state index in [1.54, 1.807) is 18.2 Å². The Bertz CT molecular complexity index is 885. The number of hydrogen-bond donors (Lipinski definition) is 2. The van der Waals surface area contributed by atoms with Gasteiger partial charge in [-0.3, -0.25) is 9.59 Å². The van der Waals surface area contributed by atoms with Crippen LogP contribution in [0, 0.1) is 0 Å². The molecule has 0 aliphatic rings. The predicted molar refractivity (Wildman–Crippen MR) is 103 cm³/mol. The number of nitrogens with one attached hydrogen (secondary N) is 2. The van der Waals surface area contributed by atoms with Gasteiger partial charge in [0.2, 0.25) is 11.8 Å². The molecule has 0 radical (unpaired) electrons. The molecule has 0 aliphatic carbocycles. The number of rotatable bonds is 6. The zero-order valence-electron chi connectivity index (χ0n) is 15.1. The fraction of sp³-hybridized carbons (Fsp3) is 0.263. The van der Waals surface area contributed by atoms with Gasteiger partial charge in [0.25, 0.3) is 0 Å². The van der Waals surface area contributed by atoms with Crippen molar-refractivity contribution in [2.24, 2.45) is 0 Å². The van der Waals surface area contributed by atoms with Crippen molar-refractivity contribution in [3.05, 3.63) is 52.0 Å². The maximum Gasteiger partial charge on any atom is 0.416 e. The van der Waals surface area contributed by atoms with E-state index < -0.39 is 23.6 Å². The van der Waals surface area contributed by atoms with Crippen LogP contribution in [0.1, 0.15) is 24.5 Å². The molecule has 150 valence electrons. The van der Waals surface area contributed by atoms with Crippen molar-refractivity contribution in [1.82, 2.24) is 0 Å². The topological polar surface area (TPSA) is 67.4 Å². The Balaban J connectivity index is 2.12. The van der Waals surface area contributed by atoms with Gasteiger partial charge in [0.15, 0.2) is 0 Å². The number of alkyl halides is 3. The van der Waals surface area contributed by atoms with Gasteiger partial charge in [-0.1, -0.05) is 6.07 Å². The molecule has 0 aromatic heterocycles. The van der Waals surface area contributed by atoms with Crippen molar-refractivity contribution in [3.63, 3.8) is 0 Å². The maximum absolute atomic E-state index is 13.0. The summed E-state index contributed by atoms with van der Waals surface area (Å²) >= 11 is 3.35. The highest BCUT2D eigenvalue weighted by Gasteiger charge is 2.31. The summed E-state index contributed by atoms with van der Waals surface area (Å²) in [6, 6.07) is 8.10. The smallest absolute Gasteiger partial charge is 0.416 e. The number of halogens is 4. The molecule has 5 nitrogen and oxygen atoms in total. The Kier molecular flexibility index (Phi) is 7.06. The van der Waals surface area contributed by atoms with E-state index in [4.69, 9.17) is 4.74 Å². The van der Waals surface area contributed by atoms with Crippen molar-refractivity contribution in [3.8, 4) is 5.75 Å². The molecular formula is C19H18BrF3N2O3. The first-order valence-electron chi connectivity index (χ1n) is 8.21. The van der Waals surface area contributed by atoms with Crippen LogP contribution in [0.15, 0.2) is 40.9 Å². The molecule has 0 spiro atoms. The number of hydrogen-bond acceptors (Lipinski definition) is 3. The number of carbonyl (C=O) groups is 2. The number of aryl methyl sites for hydroxylation is 1. The van der Waals surface area contributed by atoms with E-state index in [0.29, 0.717) is 12.2 Å². The van der Waals surface area contributed by atoms with E-state index in [1.807, 2.05) is 0 Å². The molecule has 0 atom stereocenters. The van der Waals surface area contributed by atoms with Crippen LogP contribution < -0.4 is 15.4 Å². The van der Waals surface area contributed by atoms with E-state index in [1.165, 1.54) is 14.0 Å². The van der Waals surface area contributed by atoms with Crippen LogP contribution in [-0.2, 0) is 22.2 Å². The van der Waals surface area contributed by atoms with Crippen LogP contribution in [0.3, 0.4) is 0 Å². The largest absolute Gasteiger partial charge is 0.496 e. The van der Waals surface area contributed by atoms with Crippen molar-refractivity contribution < 1.29 is 27.5 Å². The van der Waals surface area contributed by atoms with Crippen molar-refractivity contribution in [1.29, 1.82) is 0 Å². The molecule has 0 heterocycles. The van der Waals surface area contributed by atoms with Gasteiger partial charge in [0, 0.05) is 13.3 Å². The Hall–Kier alpha value is -2.55. The fourth-order valence-corrected chi connectivity index (χ4v) is 3.05. The third kappa shape index (κ3) is 5.98. The standard InChI is InChI=1S/C19H18BrF3N2O3/c1-11(26)24-15-6-5-13(19(21,22)23)10-16(15)25-18(27)8-4-12-3-7-17(28-2)14(20)9-12/h3,5-7,9-10H,4,8H2,1-2H3,(H,24,26)(H,25,27). The zero-order valence-corrected chi connectivity index (χ0v) is 16.7. The van der Waals surface area contributed by atoms with Gasteiger partial charge >= 0.3 is 6.18 Å². The van der Waals surface area contributed by atoms with Gasteiger partial charge in [-0.15, -0.1) is 0 Å². The Morgan fingerprint density at radius 2 is 1.79 bits per heavy atom. The lowest BCUT2D eigenvalue weighted by Crippen LogP contribution is -2.16. The average Bonchev–Trinajstić information content (AvgIpc) is 2.60. The Morgan fingerprint density at radius 1 is 1.07 bits per heavy atom. The molecule has 0 bridgehead atoms. The minimum atomic E-state index is -4.57. The first kappa shape index (κ1) is 21.7. The van der Waals surface area contributed by atoms with Crippen LogP contribution in [0.25, 0.3) is 0 Å². The summed E-state index contributed by atoms with van der Waals surface area (Å²) in [5.74, 6) is -0.284. The SMILES string of the molecule is COc1ccc(CCC(=O)Nc2cc(C(F)(F)F)ccc2NC(C)=O)cc1Br. The minimum Gasteiger partial charge on any atom is -0.496 e. The zero-order chi connectivity index (χ0) is 20.9. The minimum absolute atomic E-state index is 0.0501. The second-order valence-corrected chi connectivity index (χ2v) is 6.81. The number of methoxy groups -OCH3 is 1. The van der Waals surface area contributed by atoms with Crippen molar-refractivity contribution in [2.75, 3.05) is 17.7 Å². The van der Waals surface area contributed by atoms with Crippen molar-refractivity contribution >= 4 is 39.1 Å². The Morgan fingerprint density at radius 3 is 2.36 bits per heavy atom. The van der Waals surface area contributed by atoms with Gasteiger partial charge in [0.1, 0.15) is 5.75 Å². The summed E-state index contributed by atoms with van der Waals surface area (Å²) in [6.07, 6.45) is -4.14. The molecule has 2 aromatic carbocycles. The average molecular weight is 459 g/mol. The van der Waals surface area contributed by atoms with E-state index in [-0.39, 0.29) is 17.8 Å². The Labute approximate surface area is 168 Å². The molecule has 0 saturated carbocycles. The number of ether oxygens (including phenoxy) is 1. The van der Waals surface area contributed by atoms with Crippen LogP contribution in [0.4, 0.5) is 24.5 Å². The molecule has 28 heavy (non-hydrogen) atoms. The first-order valence-corrected chi connectivity index (χ1v) is 9.00. The summed E-state index contributed by atoms with van der Waals surface area (Å²) < 4.78 is 44.7. The molecule has 0 saturated heterocycles. The second-order valence-electron chi connectivity index (χ2n) is 5.96. The second kappa shape index (κ2) is 9.09. The van der Waals surface area contributed by atoms with E-state index >= 15 is 0 Å². The molecule has 0 unspecified atom stereocenters. The molecule has 2 N–H and O–H groups in total. The first-order chi connectivity index (χ1) is 13.1. The van der Waals surface area contributed by atoms with Crippen LogP contribution >= 0.6 is 15.9 Å². The molecule has 2 amide bonds. The lowest BCUT2D eigenvalue weighted by atomic mass is 10.1. The predicted octanol–water partition coefficient (Wildman–Crippen LogP) is 5.01. The normalized spacial score (nSPS) is 11.1. The lowest BCUT2D eigenvalue weighted by molar-refractivity contribution is -0.137. The number of anilines is 2. The van der Waals surface area contributed by atoms with E-state index in [0.717, 1.165) is 28.2 Å². The quantitative estimate of drug-likeness (QED) is 0.639. The summed E-state index contributed by atoms with van der Waals surface area (Å²) in [5.41, 5.74) is -0.0723. The summed E-state index contributed by atoms with van der Waals surface area (Å²) in [5, 5.41) is 4.86. The summed E-state index contributed by atoms with van der Waals surface area (Å²) in [7, 11) is 1.54. The molecule has 0 fully saturated rings. The van der Waals surface area contributed by atoms with Crippen LogP contribution in [-0.4, -0.2) is 18.9 Å². The van der Waals surface area contributed by atoms with Gasteiger partial charge in [0.05, 0.1) is 28.5 Å². The van der Waals surface area contributed by atoms with Gasteiger partial charge in [-0.25, -0.2) is 0 Å². The molecular weight excluding hydrogens is 441 g/mol. The van der Waals surface area contributed by atoms with E-state index in [2.05, 4.69) is 26.6 Å². The third-order valence-electron chi connectivity index (χ3n) is 3.79. The fourth-order valence-electron chi connectivity index (χ4n) is 2.46.